The van der Waals surface area contributed by atoms with Crippen molar-refractivity contribution in [2.45, 2.75) is 12.5 Å². The molecule has 2 rings (SSSR count). The molecular formula is C15H19N3O2. The van der Waals surface area contributed by atoms with Crippen LogP contribution in [-0.2, 0) is 6.42 Å². The van der Waals surface area contributed by atoms with Gasteiger partial charge in [0.1, 0.15) is 6.33 Å². The van der Waals surface area contributed by atoms with Crippen molar-refractivity contribution in [1.82, 2.24) is 15.3 Å². The number of nitrogens with one attached hydrogen (secondary N) is 1. The molecule has 5 heteroatoms. The Morgan fingerprint density at radius 2 is 1.80 bits per heavy atom. The smallest absolute Gasteiger partial charge is 0.160 e. The molecule has 2 aromatic rings. The fraction of sp³-hybridized carbons (Fsp3) is 0.333. The molecule has 1 aromatic heterocycles. The first-order chi connectivity index (χ1) is 9.78. The zero-order valence-corrected chi connectivity index (χ0v) is 12.0. The van der Waals surface area contributed by atoms with Crippen molar-refractivity contribution in [3.8, 4) is 11.5 Å². The first-order valence-electron chi connectivity index (χ1n) is 6.41. The maximum absolute atomic E-state index is 5.33. The van der Waals surface area contributed by atoms with Crippen molar-refractivity contribution in [3.05, 3.63) is 48.0 Å². The summed E-state index contributed by atoms with van der Waals surface area (Å²) in [6.07, 6.45) is 6.01. The number of nitrogens with zero attached hydrogens (tertiary/aromatic N) is 2. The molecule has 0 spiro atoms. The van der Waals surface area contributed by atoms with Gasteiger partial charge in [0.15, 0.2) is 11.5 Å². The molecule has 106 valence electrons. The van der Waals surface area contributed by atoms with Gasteiger partial charge in [-0.2, -0.15) is 0 Å². The lowest BCUT2D eigenvalue weighted by Gasteiger charge is -2.17. The molecule has 0 saturated heterocycles. The average Bonchev–Trinajstić information content (AvgIpc) is 2.53. The van der Waals surface area contributed by atoms with Gasteiger partial charge in [0.2, 0.25) is 0 Å². The third-order valence-corrected chi connectivity index (χ3v) is 3.22. The van der Waals surface area contributed by atoms with Crippen molar-refractivity contribution in [1.29, 1.82) is 0 Å². The highest BCUT2D eigenvalue weighted by molar-refractivity contribution is 5.43. The van der Waals surface area contributed by atoms with Crippen LogP contribution in [0.1, 0.15) is 17.2 Å². The predicted molar refractivity (Wildman–Crippen MR) is 77.1 cm³/mol. The third-order valence-electron chi connectivity index (χ3n) is 3.22. The fourth-order valence-corrected chi connectivity index (χ4v) is 2.12. The number of benzene rings is 1. The van der Waals surface area contributed by atoms with Crippen molar-refractivity contribution in [2.24, 2.45) is 0 Å². The number of aromatic nitrogens is 2. The van der Waals surface area contributed by atoms with Crippen LogP contribution in [0.2, 0.25) is 0 Å². The molecule has 0 bridgehead atoms. The van der Waals surface area contributed by atoms with Gasteiger partial charge in [0, 0.05) is 24.0 Å². The Morgan fingerprint density at radius 1 is 1.10 bits per heavy atom. The number of methoxy groups -OCH3 is 2. The number of hydrogen-bond acceptors (Lipinski definition) is 5. The summed E-state index contributed by atoms with van der Waals surface area (Å²) in [5, 5.41) is 3.28. The molecule has 0 aliphatic heterocycles. The summed E-state index contributed by atoms with van der Waals surface area (Å²) in [5.74, 6) is 1.48. The highest BCUT2D eigenvalue weighted by Crippen LogP contribution is 2.29. The quantitative estimate of drug-likeness (QED) is 0.872. The Kier molecular flexibility index (Phi) is 4.90. The molecule has 1 unspecified atom stereocenters. The van der Waals surface area contributed by atoms with E-state index in [0.29, 0.717) is 0 Å². The molecule has 0 radical (unpaired) electrons. The van der Waals surface area contributed by atoms with Crippen LogP contribution in [0.25, 0.3) is 0 Å². The summed E-state index contributed by atoms with van der Waals surface area (Å²) >= 11 is 0. The first kappa shape index (κ1) is 14.3. The molecular weight excluding hydrogens is 254 g/mol. The van der Waals surface area contributed by atoms with Gasteiger partial charge < -0.3 is 14.8 Å². The van der Waals surface area contributed by atoms with E-state index >= 15 is 0 Å². The highest BCUT2D eigenvalue weighted by atomic mass is 16.5. The second-order valence-electron chi connectivity index (χ2n) is 4.41. The van der Waals surface area contributed by atoms with Gasteiger partial charge in [-0.3, -0.25) is 0 Å². The Bertz CT molecular complexity index is 546. The van der Waals surface area contributed by atoms with E-state index in [1.807, 2.05) is 37.6 Å². The summed E-state index contributed by atoms with van der Waals surface area (Å²) in [5.41, 5.74) is 2.22. The van der Waals surface area contributed by atoms with E-state index in [1.165, 1.54) is 6.33 Å². The third kappa shape index (κ3) is 3.24. The van der Waals surface area contributed by atoms with E-state index in [4.69, 9.17) is 9.47 Å². The lowest BCUT2D eigenvalue weighted by molar-refractivity contribution is 0.354. The monoisotopic (exact) mass is 273 g/mol. The molecule has 0 aliphatic carbocycles. The van der Waals surface area contributed by atoms with Gasteiger partial charge in [-0.15, -0.1) is 0 Å². The number of rotatable bonds is 6. The van der Waals surface area contributed by atoms with Gasteiger partial charge in [0.05, 0.1) is 14.2 Å². The fourth-order valence-electron chi connectivity index (χ4n) is 2.12. The molecule has 1 N–H and O–H groups in total. The maximum atomic E-state index is 5.33. The molecule has 5 nitrogen and oxygen atoms in total. The minimum absolute atomic E-state index is 0.161. The molecule has 0 aliphatic rings. The van der Waals surface area contributed by atoms with Crippen LogP contribution < -0.4 is 14.8 Å². The number of ether oxygens (including phenoxy) is 2. The van der Waals surface area contributed by atoms with Gasteiger partial charge >= 0.3 is 0 Å². The van der Waals surface area contributed by atoms with E-state index in [2.05, 4.69) is 15.3 Å². The second kappa shape index (κ2) is 6.86. The molecule has 20 heavy (non-hydrogen) atoms. The summed E-state index contributed by atoms with van der Waals surface area (Å²) in [6.45, 7) is 0. The van der Waals surface area contributed by atoms with Crippen LogP contribution in [-0.4, -0.2) is 31.2 Å². The highest BCUT2D eigenvalue weighted by Gasteiger charge is 2.12. The normalized spacial score (nSPS) is 11.9. The van der Waals surface area contributed by atoms with Gasteiger partial charge in [-0.25, -0.2) is 9.97 Å². The zero-order valence-electron chi connectivity index (χ0n) is 12.0. The Hall–Kier alpha value is -2.14. The van der Waals surface area contributed by atoms with E-state index in [0.717, 1.165) is 29.0 Å². The van der Waals surface area contributed by atoms with Crippen LogP contribution in [0.15, 0.2) is 36.9 Å². The van der Waals surface area contributed by atoms with E-state index in [9.17, 15) is 0 Å². The van der Waals surface area contributed by atoms with Gasteiger partial charge in [-0.1, -0.05) is 6.07 Å². The van der Waals surface area contributed by atoms with Gasteiger partial charge in [0.25, 0.3) is 0 Å². The summed E-state index contributed by atoms with van der Waals surface area (Å²) in [6, 6.07) is 6.11. The first-order valence-corrected chi connectivity index (χ1v) is 6.41. The maximum Gasteiger partial charge on any atom is 0.160 e. The Balaban J connectivity index is 2.20. The number of hydrogen-bond donors (Lipinski definition) is 1. The lowest BCUT2D eigenvalue weighted by atomic mass is 10.0. The van der Waals surface area contributed by atoms with E-state index < -0.39 is 0 Å². The Labute approximate surface area is 119 Å². The van der Waals surface area contributed by atoms with Crippen LogP contribution in [0.4, 0.5) is 0 Å². The zero-order chi connectivity index (χ0) is 14.4. The van der Waals surface area contributed by atoms with Crippen molar-refractivity contribution < 1.29 is 9.47 Å². The molecule has 1 heterocycles. The van der Waals surface area contributed by atoms with Crippen molar-refractivity contribution in [2.75, 3.05) is 21.3 Å². The Morgan fingerprint density at radius 3 is 2.40 bits per heavy atom. The SMILES string of the molecule is CNC(Cc1ccc(OC)c(OC)c1)c1cncnc1. The molecule has 0 fully saturated rings. The average molecular weight is 273 g/mol. The summed E-state index contributed by atoms with van der Waals surface area (Å²) in [7, 11) is 5.20. The minimum Gasteiger partial charge on any atom is -0.493 e. The van der Waals surface area contributed by atoms with Crippen LogP contribution in [0, 0.1) is 0 Å². The summed E-state index contributed by atoms with van der Waals surface area (Å²) in [4.78, 5) is 8.12. The summed E-state index contributed by atoms with van der Waals surface area (Å²) < 4.78 is 10.6. The largest absolute Gasteiger partial charge is 0.493 e. The topological polar surface area (TPSA) is 56.3 Å². The second-order valence-corrected chi connectivity index (χ2v) is 4.41. The molecule has 0 saturated carbocycles. The van der Waals surface area contributed by atoms with Crippen LogP contribution in [0.3, 0.4) is 0 Å². The lowest BCUT2D eigenvalue weighted by Crippen LogP contribution is -2.19. The molecule has 0 amide bonds. The molecule has 1 atom stereocenters. The van der Waals surface area contributed by atoms with Crippen LogP contribution >= 0.6 is 0 Å². The molecule has 1 aromatic carbocycles. The minimum atomic E-state index is 0.161. The van der Waals surface area contributed by atoms with Crippen LogP contribution in [0.5, 0.6) is 11.5 Å². The van der Waals surface area contributed by atoms with E-state index in [-0.39, 0.29) is 6.04 Å². The van der Waals surface area contributed by atoms with Crippen molar-refractivity contribution in [3.63, 3.8) is 0 Å². The number of likely N-dealkylation sites (N-methyl/N-ethyl adjacent to an activating group) is 1. The standard InChI is InChI=1S/C15H19N3O2/c1-16-13(12-8-17-10-18-9-12)6-11-4-5-14(19-2)15(7-11)20-3/h4-5,7-10,13,16H,6H2,1-3H3. The van der Waals surface area contributed by atoms with E-state index in [1.54, 1.807) is 14.2 Å². The van der Waals surface area contributed by atoms with Gasteiger partial charge in [-0.05, 0) is 31.2 Å². The predicted octanol–water partition coefficient (Wildman–Crippen LogP) is 2.00. The van der Waals surface area contributed by atoms with Crippen molar-refractivity contribution >= 4 is 0 Å².